The Hall–Kier alpha value is -1.14. The van der Waals surface area contributed by atoms with Crippen LogP contribution < -0.4 is 4.90 Å². The summed E-state index contributed by atoms with van der Waals surface area (Å²) in [5.74, 6) is -0.467. The van der Waals surface area contributed by atoms with Gasteiger partial charge in [0.25, 0.3) is 0 Å². The van der Waals surface area contributed by atoms with Crippen LogP contribution in [0.2, 0.25) is 0 Å². The fourth-order valence-electron chi connectivity index (χ4n) is 2.22. The van der Waals surface area contributed by atoms with Gasteiger partial charge in [-0.25, -0.2) is 9.78 Å². The summed E-state index contributed by atoms with van der Waals surface area (Å²) in [6.07, 6.45) is 5.52. The Kier molecular flexibility index (Phi) is 4.76. The molecule has 0 aliphatic heterocycles. The van der Waals surface area contributed by atoms with Crippen LogP contribution in [0.1, 0.15) is 36.0 Å². The van der Waals surface area contributed by atoms with Gasteiger partial charge < -0.3 is 15.1 Å². The van der Waals surface area contributed by atoms with Crippen molar-refractivity contribution in [2.24, 2.45) is 0 Å². The normalized spacial score (nSPS) is 15.1. The fraction of sp³-hybridized carbons (Fsp3) is 0.538. The molecule has 1 aliphatic carbocycles. The van der Waals surface area contributed by atoms with Crippen LogP contribution in [0.5, 0.6) is 0 Å². The van der Waals surface area contributed by atoms with Gasteiger partial charge in [0, 0.05) is 29.9 Å². The summed E-state index contributed by atoms with van der Waals surface area (Å²) >= 11 is 3.25. The van der Waals surface area contributed by atoms with Gasteiger partial charge in [-0.15, -0.1) is 0 Å². The molecule has 1 aliphatic rings. The van der Waals surface area contributed by atoms with E-state index in [0.29, 0.717) is 29.3 Å². The maximum atomic E-state index is 11.3. The number of nitrogens with zero attached hydrogens (tertiary/aromatic N) is 2. The van der Waals surface area contributed by atoms with Crippen LogP contribution in [0.4, 0.5) is 5.82 Å². The van der Waals surface area contributed by atoms with Crippen LogP contribution in [-0.4, -0.2) is 40.4 Å². The number of carboxylic acid groups (broad SMARTS) is 1. The van der Waals surface area contributed by atoms with Gasteiger partial charge in [-0.2, -0.15) is 0 Å². The van der Waals surface area contributed by atoms with E-state index in [1.807, 2.05) is 4.90 Å². The Labute approximate surface area is 120 Å². The molecule has 0 spiro atoms. The monoisotopic (exact) mass is 328 g/mol. The molecule has 19 heavy (non-hydrogen) atoms. The lowest BCUT2D eigenvalue weighted by Gasteiger charge is -2.39. The third-order valence-corrected chi connectivity index (χ3v) is 3.84. The summed E-state index contributed by atoms with van der Waals surface area (Å²) in [5, 5.41) is 18.3. The standard InChI is InChI=1S/C13H17BrN2O3/c14-9-7-11(13(18)19)12(15-8-9)16(5-2-6-17)10-3-1-4-10/h7-8,10,17H,1-6H2,(H,18,19). The minimum Gasteiger partial charge on any atom is -0.478 e. The van der Waals surface area contributed by atoms with E-state index in [1.165, 1.54) is 6.42 Å². The number of aliphatic hydroxyl groups excluding tert-OH is 1. The van der Waals surface area contributed by atoms with E-state index in [2.05, 4.69) is 20.9 Å². The molecule has 0 aromatic carbocycles. The molecule has 0 bridgehead atoms. The van der Waals surface area contributed by atoms with E-state index >= 15 is 0 Å². The summed E-state index contributed by atoms with van der Waals surface area (Å²) in [6.45, 7) is 0.734. The first-order valence-corrected chi connectivity index (χ1v) is 7.19. The van der Waals surface area contributed by atoms with Gasteiger partial charge in [-0.1, -0.05) is 0 Å². The maximum absolute atomic E-state index is 11.3. The average Bonchev–Trinajstić information content (AvgIpc) is 2.32. The first kappa shape index (κ1) is 14.3. The second-order valence-electron chi connectivity index (χ2n) is 4.69. The quantitative estimate of drug-likeness (QED) is 0.838. The Morgan fingerprint density at radius 3 is 2.79 bits per heavy atom. The molecule has 2 N–H and O–H groups in total. The molecule has 104 valence electrons. The van der Waals surface area contributed by atoms with Crippen molar-refractivity contribution in [2.45, 2.75) is 31.7 Å². The summed E-state index contributed by atoms with van der Waals surface area (Å²) in [5.41, 5.74) is 0.208. The van der Waals surface area contributed by atoms with Crippen LogP contribution in [0.25, 0.3) is 0 Å². The zero-order chi connectivity index (χ0) is 13.8. The number of hydrogen-bond donors (Lipinski definition) is 2. The van der Waals surface area contributed by atoms with Crippen molar-refractivity contribution in [2.75, 3.05) is 18.1 Å². The predicted molar refractivity (Wildman–Crippen MR) is 75.6 cm³/mol. The smallest absolute Gasteiger partial charge is 0.339 e. The molecule has 5 nitrogen and oxygen atoms in total. The maximum Gasteiger partial charge on any atom is 0.339 e. The van der Waals surface area contributed by atoms with Crippen LogP contribution in [0, 0.1) is 0 Å². The van der Waals surface area contributed by atoms with E-state index in [4.69, 9.17) is 5.11 Å². The van der Waals surface area contributed by atoms with Gasteiger partial charge in [0.05, 0.1) is 0 Å². The van der Waals surface area contributed by atoms with Crippen molar-refractivity contribution in [3.63, 3.8) is 0 Å². The Morgan fingerprint density at radius 2 is 2.26 bits per heavy atom. The number of pyridine rings is 1. The number of aliphatic hydroxyl groups is 1. The molecule has 1 aromatic rings. The topological polar surface area (TPSA) is 73.7 Å². The Bertz CT molecular complexity index is 463. The van der Waals surface area contributed by atoms with Gasteiger partial charge in [0.1, 0.15) is 11.4 Å². The number of aromatic carboxylic acids is 1. The third kappa shape index (κ3) is 3.25. The largest absolute Gasteiger partial charge is 0.478 e. The molecule has 1 fully saturated rings. The molecule has 0 unspecified atom stereocenters. The van der Waals surface area contributed by atoms with Gasteiger partial charge in [0.15, 0.2) is 0 Å². The molecule has 2 rings (SSSR count). The first-order chi connectivity index (χ1) is 9.13. The number of halogens is 1. The van der Waals surface area contributed by atoms with Crippen molar-refractivity contribution in [3.05, 3.63) is 22.3 Å². The molecule has 1 heterocycles. The molecular weight excluding hydrogens is 312 g/mol. The number of rotatable bonds is 6. The second kappa shape index (κ2) is 6.34. The molecule has 1 aromatic heterocycles. The number of carbonyl (C=O) groups is 1. The van der Waals surface area contributed by atoms with E-state index < -0.39 is 5.97 Å². The lowest BCUT2D eigenvalue weighted by atomic mass is 9.91. The predicted octanol–water partition coefficient (Wildman–Crippen LogP) is 2.28. The minimum atomic E-state index is -0.975. The molecule has 6 heteroatoms. The highest BCUT2D eigenvalue weighted by molar-refractivity contribution is 9.10. The first-order valence-electron chi connectivity index (χ1n) is 6.40. The number of aromatic nitrogens is 1. The lowest BCUT2D eigenvalue weighted by molar-refractivity contribution is 0.0697. The molecule has 0 saturated heterocycles. The highest BCUT2D eigenvalue weighted by Gasteiger charge is 2.28. The summed E-state index contributed by atoms with van der Waals surface area (Å²) in [6, 6.07) is 1.92. The average molecular weight is 329 g/mol. The van der Waals surface area contributed by atoms with Crippen molar-refractivity contribution in [1.82, 2.24) is 4.98 Å². The zero-order valence-corrected chi connectivity index (χ0v) is 12.1. The molecule has 0 atom stereocenters. The van der Waals surface area contributed by atoms with Crippen molar-refractivity contribution >= 4 is 27.7 Å². The Morgan fingerprint density at radius 1 is 1.53 bits per heavy atom. The van der Waals surface area contributed by atoms with E-state index in [9.17, 15) is 9.90 Å². The SMILES string of the molecule is O=C(O)c1cc(Br)cnc1N(CCCO)C1CCC1. The van der Waals surface area contributed by atoms with Crippen molar-refractivity contribution in [3.8, 4) is 0 Å². The van der Waals surface area contributed by atoms with Gasteiger partial charge in [0.2, 0.25) is 0 Å². The van der Waals surface area contributed by atoms with Crippen LogP contribution in [0.15, 0.2) is 16.7 Å². The molecule has 0 amide bonds. The van der Waals surface area contributed by atoms with E-state index in [1.54, 1.807) is 12.3 Å². The van der Waals surface area contributed by atoms with E-state index in [0.717, 1.165) is 12.8 Å². The molecule has 1 saturated carbocycles. The highest BCUT2D eigenvalue weighted by atomic mass is 79.9. The van der Waals surface area contributed by atoms with E-state index in [-0.39, 0.29) is 12.2 Å². The summed E-state index contributed by atoms with van der Waals surface area (Å²) < 4.78 is 0.657. The van der Waals surface area contributed by atoms with Gasteiger partial charge in [-0.05, 0) is 47.7 Å². The van der Waals surface area contributed by atoms with Crippen LogP contribution >= 0.6 is 15.9 Å². The number of anilines is 1. The lowest BCUT2D eigenvalue weighted by Crippen LogP contribution is -2.42. The second-order valence-corrected chi connectivity index (χ2v) is 5.60. The molecule has 0 radical (unpaired) electrons. The highest BCUT2D eigenvalue weighted by Crippen LogP contribution is 2.31. The fourth-order valence-corrected chi connectivity index (χ4v) is 2.55. The van der Waals surface area contributed by atoms with Crippen molar-refractivity contribution in [1.29, 1.82) is 0 Å². The van der Waals surface area contributed by atoms with Gasteiger partial charge >= 0.3 is 5.97 Å². The van der Waals surface area contributed by atoms with Crippen LogP contribution in [-0.2, 0) is 0 Å². The van der Waals surface area contributed by atoms with Crippen molar-refractivity contribution < 1.29 is 15.0 Å². The third-order valence-electron chi connectivity index (χ3n) is 3.41. The Balaban J connectivity index is 2.31. The minimum absolute atomic E-state index is 0.0994. The van der Waals surface area contributed by atoms with Gasteiger partial charge in [-0.3, -0.25) is 0 Å². The summed E-state index contributed by atoms with van der Waals surface area (Å²) in [7, 11) is 0. The molecular formula is C13H17BrN2O3. The number of hydrogen-bond acceptors (Lipinski definition) is 4. The zero-order valence-electron chi connectivity index (χ0n) is 10.5. The number of carboxylic acids is 1. The summed E-state index contributed by atoms with van der Waals surface area (Å²) in [4.78, 5) is 17.6. The van der Waals surface area contributed by atoms with Crippen LogP contribution in [0.3, 0.4) is 0 Å².